The van der Waals surface area contributed by atoms with Crippen molar-refractivity contribution in [2.75, 3.05) is 13.2 Å². The van der Waals surface area contributed by atoms with Gasteiger partial charge in [0.2, 0.25) is 0 Å². The number of ketones is 2. The van der Waals surface area contributed by atoms with E-state index in [0.29, 0.717) is 33.8 Å². The van der Waals surface area contributed by atoms with Crippen molar-refractivity contribution in [2.24, 2.45) is 0 Å². The zero-order valence-corrected chi connectivity index (χ0v) is 25.6. The van der Waals surface area contributed by atoms with Crippen molar-refractivity contribution in [3.8, 4) is 22.6 Å². The number of carbonyl (C=O) groups is 2. The Balaban J connectivity index is 1.34. The summed E-state index contributed by atoms with van der Waals surface area (Å²) < 4.78 is 13.1. The summed E-state index contributed by atoms with van der Waals surface area (Å²) in [4.78, 5) is 28.2. The van der Waals surface area contributed by atoms with Crippen molar-refractivity contribution in [1.82, 2.24) is 0 Å². The van der Waals surface area contributed by atoms with E-state index in [2.05, 4.69) is 0 Å². The van der Waals surface area contributed by atoms with Crippen molar-refractivity contribution in [1.29, 1.82) is 0 Å². The molecule has 0 fully saturated rings. The molecule has 0 aliphatic carbocycles. The highest BCUT2D eigenvalue weighted by atomic mass is 16.5. The number of ether oxygens (including phenoxy) is 2. The van der Waals surface area contributed by atoms with Gasteiger partial charge < -0.3 is 9.47 Å². The summed E-state index contributed by atoms with van der Waals surface area (Å²) in [5.74, 6) is 0.896. The maximum Gasteiger partial charge on any atom is 0.196 e. The van der Waals surface area contributed by atoms with Crippen LogP contribution in [0, 0.1) is 13.8 Å². The van der Waals surface area contributed by atoms with Crippen LogP contribution in [-0.2, 0) is 0 Å². The first-order valence-corrected chi connectivity index (χ1v) is 15.5. The van der Waals surface area contributed by atoms with Gasteiger partial charge in [-0.05, 0) is 70.8 Å². The maximum absolute atomic E-state index is 14.1. The van der Waals surface area contributed by atoms with E-state index in [-0.39, 0.29) is 24.8 Å². The molecule has 0 unspecified atom stereocenters. The second kappa shape index (κ2) is 11.0. The fourth-order valence-electron chi connectivity index (χ4n) is 6.51. The van der Waals surface area contributed by atoms with Gasteiger partial charge >= 0.3 is 0 Å². The first-order chi connectivity index (χ1) is 22.4. The van der Waals surface area contributed by atoms with Crippen molar-refractivity contribution >= 4 is 45.3 Å². The fraction of sp³-hybridized carbons (Fsp3) is 0.0952. The van der Waals surface area contributed by atoms with Gasteiger partial charge in [0.1, 0.15) is 24.7 Å². The lowest BCUT2D eigenvalue weighted by Gasteiger charge is -2.28. The fourth-order valence-corrected chi connectivity index (χ4v) is 6.51. The third-order valence-electron chi connectivity index (χ3n) is 8.91. The first-order valence-electron chi connectivity index (χ1n) is 15.5. The molecule has 2 aliphatic heterocycles. The maximum atomic E-state index is 14.1. The van der Waals surface area contributed by atoms with Crippen LogP contribution in [-0.4, -0.2) is 24.8 Å². The standard InChI is InChI=1S/C42H30O4/c1-25-11-15-27(16-12-25)19-31-23-45-41-35(39(31)43)21-29-7-3-5-9-33(29)37(41)38-34-10-6-4-8-30(34)22-36-40(44)32(24-46-42(36)38)20-28-17-13-26(2)14-18-28/h3-22H,23-24H2,1-2H3/b31-19-,32-20+. The zero-order valence-electron chi connectivity index (χ0n) is 25.6. The van der Waals surface area contributed by atoms with E-state index >= 15 is 0 Å². The van der Waals surface area contributed by atoms with Crippen LogP contribution in [0.15, 0.2) is 120 Å². The summed E-state index contributed by atoms with van der Waals surface area (Å²) in [6.45, 7) is 4.36. The van der Waals surface area contributed by atoms with Gasteiger partial charge in [-0.25, -0.2) is 0 Å². The van der Waals surface area contributed by atoms with Crippen LogP contribution in [0.2, 0.25) is 0 Å². The van der Waals surface area contributed by atoms with Gasteiger partial charge in [0.05, 0.1) is 11.1 Å². The quantitative estimate of drug-likeness (QED) is 0.190. The summed E-state index contributed by atoms with van der Waals surface area (Å²) in [7, 11) is 0. The third kappa shape index (κ3) is 4.70. The molecule has 0 bridgehead atoms. The van der Waals surface area contributed by atoms with Crippen LogP contribution < -0.4 is 9.47 Å². The smallest absolute Gasteiger partial charge is 0.196 e. The highest BCUT2D eigenvalue weighted by Crippen LogP contribution is 2.51. The lowest BCUT2D eigenvalue weighted by molar-refractivity contribution is 0.0992. The Morgan fingerprint density at radius 1 is 0.522 bits per heavy atom. The van der Waals surface area contributed by atoms with Crippen LogP contribution in [0.3, 0.4) is 0 Å². The summed E-state index contributed by atoms with van der Waals surface area (Å²) >= 11 is 0. The number of fused-ring (bicyclic) bond motifs is 4. The van der Waals surface area contributed by atoms with Crippen LogP contribution in [0.1, 0.15) is 43.0 Å². The molecule has 0 saturated heterocycles. The van der Waals surface area contributed by atoms with E-state index in [4.69, 9.17) is 9.47 Å². The number of aryl methyl sites for hydroxylation is 2. The van der Waals surface area contributed by atoms with E-state index in [0.717, 1.165) is 54.9 Å². The van der Waals surface area contributed by atoms with Crippen LogP contribution in [0.25, 0.3) is 44.8 Å². The molecule has 0 N–H and O–H groups in total. The lowest BCUT2D eigenvalue weighted by atomic mass is 9.84. The Morgan fingerprint density at radius 3 is 1.33 bits per heavy atom. The van der Waals surface area contributed by atoms with E-state index in [1.807, 2.05) is 135 Å². The molecule has 46 heavy (non-hydrogen) atoms. The molecule has 0 amide bonds. The molecule has 0 atom stereocenters. The Morgan fingerprint density at radius 2 is 0.913 bits per heavy atom. The van der Waals surface area contributed by atoms with E-state index in [1.54, 1.807) is 0 Å². The molecule has 6 aromatic carbocycles. The third-order valence-corrected chi connectivity index (χ3v) is 8.91. The average molecular weight is 599 g/mol. The number of carbonyl (C=O) groups excluding carboxylic acids is 2. The number of hydrogen-bond acceptors (Lipinski definition) is 4. The Hall–Kier alpha value is -5.74. The minimum atomic E-state index is -0.0664. The van der Waals surface area contributed by atoms with Crippen molar-refractivity contribution in [3.05, 3.63) is 154 Å². The molecular weight excluding hydrogens is 568 g/mol. The summed E-state index contributed by atoms with van der Waals surface area (Å²) in [5.41, 5.74) is 7.94. The zero-order chi connectivity index (χ0) is 31.4. The number of Topliss-reactive ketones (excluding diaryl/α,β-unsaturated/α-hetero) is 2. The molecule has 0 aromatic heterocycles. The molecule has 0 saturated carbocycles. The molecule has 2 aliphatic rings. The SMILES string of the molecule is Cc1ccc(/C=C2/COc3c(cc4ccccc4c3-c3c4c(cc5ccccc35)C(=O)/C(=C/c3ccc(C)cc3)CO4)C2=O)cc1. The van der Waals surface area contributed by atoms with Gasteiger partial charge in [-0.1, -0.05) is 108 Å². The molecule has 4 nitrogen and oxygen atoms in total. The minimum absolute atomic E-state index is 0.0664. The summed E-state index contributed by atoms with van der Waals surface area (Å²) in [6.07, 6.45) is 3.81. The topological polar surface area (TPSA) is 52.6 Å². The molecule has 222 valence electrons. The predicted octanol–water partition coefficient (Wildman–Crippen LogP) is 9.59. The van der Waals surface area contributed by atoms with E-state index in [9.17, 15) is 9.59 Å². The molecule has 8 rings (SSSR count). The van der Waals surface area contributed by atoms with Gasteiger partial charge in [-0.15, -0.1) is 0 Å². The van der Waals surface area contributed by atoms with Crippen molar-refractivity contribution in [2.45, 2.75) is 13.8 Å². The second-order valence-corrected chi connectivity index (χ2v) is 12.1. The van der Waals surface area contributed by atoms with E-state index in [1.165, 1.54) is 0 Å². The lowest BCUT2D eigenvalue weighted by Crippen LogP contribution is -2.21. The first kappa shape index (κ1) is 27.8. The second-order valence-electron chi connectivity index (χ2n) is 12.1. The van der Waals surface area contributed by atoms with Gasteiger partial charge in [0.25, 0.3) is 0 Å². The van der Waals surface area contributed by atoms with E-state index < -0.39 is 0 Å². The monoisotopic (exact) mass is 598 g/mol. The molecular formula is C42H30O4. The van der Waals surface area contributed by atoms with Gasteiger partial charge in [-0.3, -0.25) is 9.59 Å². The van der Waals surface area contributed by atoms with Gasteiger partial charge in [0, 0.05) is 22.3 Å². The Bertz CT molecular complexity index is 2120. The predicted molar refractivity (Wildman–Crippen MR) is 185 cm³/mol. The van der Waals surface area contributed by atoms with Crippen molar-refractivity contribution in [3.63, 3.8) is 0 Å². The van der Waals surface area contributed by atoms with Crippen LogP contribution >= 0.6 is 0 Å². The number of benzene rings is 6. The normalized spacial score (nSPS) is 16.0. The van der Waals surface area contributed by atoms with Crippen LogP contribution in [0.5, 0.6) is 11.5 Å². The Labute approximate surface area is 267 Å². The van der Waals surface area contributed by atoms with Crippen molar-refractivity contribution < 1.29 is 19.1 Å². The minimum Gasteiger partial charge on any atom is -0.487 e. The van der Waals surface area contributed by atoms with Gasteiger partial charge in [0.15, 0.2) is 11.6 Å². The van der Waals surface area contributed by atoms with Gasteiger partial charge in [-0.2, -0.15) is 0 Å². The molecule has 2 heterocycles. The Kier molecular flexibility index (Phi) is 6.65. The summed E-state index contributed by atoms with van der Waals surface area (Å²) in [5, 5.41) is 3.67. The molecule has 0 radical (unpaired) electrons. The highest BCUT2D eigenvalue weighted by molar-refractivity contribution is 6.23. The number of hydrogen-bond donors (Lipinski definition) is 0. The molecule has 6 aromatic rings. The number of rotatable bonds is 3. The highest BCUT2D eigenvalue weighted by Gasteiger charge is 2.33. The average Bonchev–Trinajstić information content (AvgIpc) is 3.08. The summed E-state index contributed by atoms with van der Waals surface area (Å²) in [6, 6.07) is 36.0. The largest absolute Gasteiger partial charge is 0.487 e. The molecule has 4 heteroatoms. The van der Waals surface area contributed by atoms with Crippen LogP contribution in [0.4, 0.5) is 0 Å². The molecule has 0 spiro atoms.